The monoisotopic (exact) mass is 467 g/mol. The van der Waals surface area contributed by atoms with Crippen molar-refractivity contribution in [1.82, 2.24) is 25.5 Å². The van der Waals surface area contributed by atoms with Gasteiger partial charge in [-0.3, -0.25) is 0 Å². The molecule has 190 valence electrons. The largest absolute Gasteiger partial charge is 0.462 e. The van der Waals surface area contributed by atoms with E-state index in [1.807, 2.05) is 27.7 Å². The van der Waals surface area contributed by atoms with E-state index in [2.05, 4.69) is 27.5 Å². The van der Waals surface area contributed by atoms with Crippen LogP contribution in [-0.2, 0) is 13.0 Å². The molecule has 1 aromatic heterocycles. The van der Waals surface area contributed by atoms with Crippen molar-refractivity contribution in [2.45, 2.75) is 78.2 Å². The van der Waals surface area contributed by atoms with Gasteiger partial charge in [0.15, 0.2) is 0 Å². The molecule has 2 saturated heterocycles. The Morgan fingerprint density at radius 2 is 1.91 bits per heavy atom. The van der Waals surface area contributed by atoms with Gasteiger partial charge in [-0.25, -0.2) is 4.39 Å². The summed E-state index contributed by atoms with van der Waals surface area (Å²) in [5.41, 5.74) is 8.00. The van der Waals surface area contributed by atoms with Gasteiger partial charge in [-0.1, -0.05) is 27.7 Å². The van der Waals surface area contributed by atoms with Gasteiger partial charge in [0, 0.05) is 56.9 Å². The number of aromatic nitrogens is 2. The minimum absolute atomic E-state index is 0.0237. The van der Waals surface area contributed by atoms with Gasteiger partial charge < -0.3 is 30.9 Å². The van der Waals surface area contributed by atoms with E-state index in [0.29, 0.717) is 31.6 Å². The number of alkyl halides is 1. The summed E-state index contributed by atoms with van der Waals surface area (Å²) in [5.74, 6) is 1.01. The Labute approximate surface area is 199 Å². The second kappa shape index (κ2) is 14.7. The van der Waals surface area contributed by atoms with Crippen molar-refractivity contribution in [2.75, 3.05) is 57.8 Å². The average molecular weight is 468 g/mol. The summed E-state index contributed by atoms with van der Waals surface area (Å²) in [5, 5.41) is 6.75. The molecular weight excluding hydrogens is 421 g/mol. The zero-order chi connectivity index (χ0) is 24.2. The van der Waals surface area contributed by atoms with Crippen LogP contribution in [0.5, 0.6) is 6.01 Å². The highest BCUT2D eigenvalue weighted by Gasteiger charge is 2.28. The molecule has 0 radical (unpaired) electrons. The first-order valence-corrected chi connectivity index (χ1v) is 12.9. The van der Waals surface area contributed by atoms with E-state index in [1.165, 1.54) is 5.56 Å². The first-order chi connectivity index (χ1) is 16.1. The molecule has 0 aromatic carbocycles. The van der Waals surface area contributed by atoms with Crippen molar-refractivity contribution in [2.24, 2.45) is 5.73 Å². The van der Waals surface area contributed by atoms with E-state index in [9.17, 15) is 4.39 Å². The number of piperazine rings is 1. The molecule has 3 aliphatic rings. The number of hydrogen-bond acceptors (Lipinski definition) is 8. The van der Waals surface area contributed by atoms with Gasteiger partial charge in [0.05, 0.1) is 5.69 Å². The Hall–Kier alpha value is -1.55. The molecule has 2 fully saturated rings. The maximum Gasteiger partial charge on any atom is 0.318 e. The third kappa shape index (κ3) is 8.02. The van der Waals surface area contributed by atoms with Crippen molar-refractivity contribution in [3.63, 3.8) is 0 Å². The number of rotatable bonds is 7. The molecule has 4 heterocycles. The molecule has 33 heavy (non-hydrogen) atoms. The number of hydrogen-bond donors (Lipinski definition) is 3. The molecule has 0 spiro atoms. The first kappa shape index (κ1) is 27.7. The second-order valence-corrected chi connectivity index (χ2v) is 8.52. The minimum atomic E-state index is -0.788. The van der Waals surface area contributed by atoms with Gasteiger partial charge in [0.2, 0.25) is 0 Å². The lowest BCUT2D eigenvalue weighted by Crippen LogP contribution is -2.51. The SMILES string of the molecule is CC.CC.CN1CCc2c(nc(OCC3C[C@@H](F)CN3)nc2N2CCN[C@@H](CCCN)C2)C1. The smallest absolute Gasteiger partial charge is 0.318 e. The van der Waals surface area contributed by atoms with E-state index >= 15 is 0 Å². The number of fused-ring (bicyclic) bond motifs is 1. The fraction of sp³-hybridized carbons (Fsp3) is 0.833. The zero-order valence-electron chi connectivity index (χ0n) is 21.4. The average Bonchev–Trinajstić information content (AvgIpc) is 3.28. The van der Waals surface area contributed by atoms with Crippen LogP contribution >= 0.6 is 0 Å². The molecule has 4 N–H and O–H groups in total. The summed E-state index contributed by atoms with van der Waals surface area (Å²) in [4.78, 5) is 14.2. The van der Waals surface area contributed by atoms with Crippen LogP contribution in [0.2, 0.25) is 0 Å². The summed E-state index contributed by atoms with van der Waals surface area (Å²) >= 11 is 0. The Morgan fingerprint density at radius 3 is 2.61 bits per heavy atom. The lowest BCUT2D eigenvalue weighted by molar-refractivity contribution is 0.245. The highest BCUT2D eigenvalue weighted by molar-refractivity contribution is 5.51. The maximum absolute atomic E-state index is 13.4. The van der Waals surface area contributed by atoms with Crippen LogP contribution in [0, 0.1) is 0 Å². The van der Waals surface area contributed by atoms with Gasteiger partial charge in [-0.05, 0) is 39.3 Å². The highest BCUT2D eigenvalue weighted by Crippen LogP contribution is 2.29. The number of ether oxygens (including phenoxy) is 1. The Bertz CT molecular complexity index is 693. The van der Waals surface area contributed by atoms with Crippen molar-refractivity contribution in [3.8, 4) is 6.01 Å². The molecule has 8 nitrogen and oxygen atoms in total. The van der Waals surface area contributed by atoms with Crippen LogP contribution in [0.1, 0.15) is 58.2 Å². The van der Waals surface area contributed by atoms with Crippen LogP contribution in [0.3, 0.4) is 0 Å². The number of halogens is 1. The van der Waals surface area contributed by atoms with Gasteiger partial charge in [0.25, 0.3) is 0 Å². The summed E-state index contributed by atoms with van der Waals surface area (Å²) in [6.07, 6.45) is 2.75. The summed E-state index contributed by atoms with van der Waals surface area (Å²) < 4.78 is 19.4. The molecule has 3 aliphatic heterocycles. The molecule has 1 unspecified atom stereocenters. The molecule has 0 bridgehead atoms. The van der Waals surface area contributed by atoms with Gasteiger partial charge in [-0.2, -0.15) is 9.97 Å². The molecular formula is C24H46FN7O. The van der Waals surface area contributed by atoms with Crippen molar-refractivity contribution >= 4 is 5.82 Å². The number of anilines is 1. The predicted molar refractivity (Wildman–Crippen MR) is 134 cm³/mol. The van der Waals surface area contributed by atoms with E-state index in [0.717, 1.165) is 70.0 Å². The van der Waals surface area contributed by atoms with Crippen molar-refractivity contribution in [1.29, 1.82) is 0 Å². The number of nitrogens with zero attached hydrogens (tertiary/aromatic N) is 4. The molecule has 0 amide bonds. The van der Waals surface area contributed by atoms with E-state index < -0.39 is 6.17 Å². The molecule has 3 atom stereocenters. The fourth-order valence-corrected chi connectivity index (χ4v) is 4.49. The van der Waals surface area contributed by atoms with Crippen LogP contribution in [0.25, 0.3) is 0 Å². The van der Waals surface area contributed by atoms with E-state index in [4.69, 9.17) is 20.4 Å². The predicted octanol–water partition coefficient (Wildman–Crippen LogP) is 2.11. The lowest BCUT2D eigenvalue weighted by atomic mass is 10.0. The maximum atomic E-state index is 13.4. The molecule has 9 heteroatoms. The van der Waals surface area contributed by atoms with Crippen LogP contribution in [0.15, 0.2) is 0 Å². The Morgan fingerprint density at radius 1 is 1.12 bits per heavy atom. The van der Waals surface area contributed by atoms with Crippen molar-refractivity contribution < 1.29 is 9.13 Å². The number of nitrogens with two attached hydrogens (primary N) is 1. The van der Waals surface area contributed by atoms with Crippen molar-refractivity contribution in [3.05, 3.63) is 11.3 Å². The van der Waals surface area contributed by atoms with Crippen LogP contribution in [-0.4, -0.2) is 86.0 Å². The van der Waals surface area contributed by atoms with Crippen LogP contribution in [0.4, 0.5) is 10.2 Å². The van der Waals surface area contributed by atoms with E-state index in [1.54, 1.807) is 0 Å². The summed E-state index contributed by atoms with van der Waals surface area (Å²) in [6.45, 7) is 14.1. The summed E-state index contributed by atoms with van der Waals surface area (Å²) in [7, 11) is 2.11. The fourth-order valence-electron chi connectivity index (χ4n) is 4.49. The third-order valence-electron chi connectivity index (χ3n) is 6.11. The Balaban J connectivity index is 0.000000914. The van der Waals surface area contributed by atoms with Gasteiger partial charge in [-0.15, -0.1) is 0 Å². The van der Waals surface area contributed by atoms with E-state index in [-0.39, 0.29) is 6.04 Å². The molecule has 1 aromatic rings. The first-order valence-electron chi connectivity index (χ1n) is 12.9. The third-order valence-corrected chi connectivity index (χ3v) is 6.11. The second-order valence-electron chi connectivity index (χ2n) is 8.52. The molecule has 0 saturated carbocycles. The Kier molecular flexibility index (Phi) is 12.3. The molecule has 4 rings (SSSR count). The standard InChI is InChI=1S/C20H34FN7O.2C2H6/c1-27-7-4-17-18(12-27)25-20(29-13-16-9-14(21)10-24-16)26-19(17)28-8-6-23-15(11-28)3-2-5-22;2*1-2/h14-16,23-24H,2-13,22H2,1H3;2*1-2H3/t14-,15+,16?;;/m1../s1. The number of nitrogens with one attached hydrogen (secondary N) is 2. The zero-order valence-corrected chi connectivity index (χ0v) is 21.4. The normalized spacial score (nSPS) is 24.8. The number of likely N-dealkylation sites (N-methyl/N-ethyl adjacent to an activating group) is 1. The van der Waals surface area contributed by atoms with Gasteiger partial charge in [0.1, 0.15) is 18.6 Å². The summed E-state index contributed by atoms with van der Waals surface area (Å²) in [6, 6.07) is 0.864. The molecule has 0 aliphatic carbocycles. The highest BCUT2D eigenvalue weighted by atomic mass is 19.1. The minimum Gasteiger partial charge on any atom is -0.462 e. The topological polar surface area (TPSA) is 91.6 Å². The van der Waals surface area contributed by atoms with Gasteiger partial charge >= 0.3 is 6.01 Å². The quantitative estimate of drug-likeness (QED) is 0.562. The van der Waals surface area contributed by atoms with Crippen LogP contribution < -0.4 is 26.0 Å². The lowest BCUT2D eigenvalue weighted by Gasteiger charge is -2.37.